The van der Waals surface area contributed by atoms with E-state index in [1.165, 1.54) is 0 Å². The molecule has 0 spiro atoms. The second-order valence-electron chi connectivity index (χ2n) is 3.85. The lowest BCUT2D eigenvalue weighted by Gasteiger charge is -2.27. The summed E-state index contributed by atoms with van der Waals surface area (Å²) in [5.41, 5.74) is 1.65. The number of benzene rings is 1. The van der Waals surface area contributed by atoms with Crippen LogP contribution in [0.1, 0.15) is 17.2 Å². The van der Waals surface area contributed by atoms with Crippen molar-refractivity contribution >= 4 is 5.91 Å². The van der Waals surface area contributed by atoms with Gasteiger partial charge in [0.15, 0.2) is 0 Å². The predicted molar refractivity (Wildman–Crippen MR) is 55.1 cm³/mol. The van der Waals surface area contributed by atoms with Gasteiger partial charge in [0.05, 0.1) is 6.04 Å². The molecule has 0 fully saturated rings. The fourth-order valence-corrected chi connectivity index (χ4v) is 1.87. The molecule has 0 bridgehead atoms. The van der Waals surface area contributed by atoms with Crippen LogP contribution in [0, 0.1) is 0 Å². The highest BCUT2D eigenvalue weighted by Gasteiger charge is 2.40. The third-order valence-electron chi connectivity index (χ3n) is 2.66. The minimum atomic E-state index is -4.84. The van der Waals surface area contributed by atoms with Crippen LogP contribution in [-0.2, 0) is 11.3 Å². The molecule has 0 aliphatic carbocycles. The van der Waals surface area contributed by atoms with Crippen molar-refractivity contribution in [1.82, 2.24) is 10.6 Å². The van der Waals surface area contributed by atoms with Gasteiger partial charge in [-0.25, -0.2) is 0 Å². The minimum absolute atomic E-state index is 0.304. The zero-order chi connectivity index (χ0) is 12.5. The van der Waals surface area contributed by atoms with Gasteiger partial charge in [-0.2, -0.15) is 13.2 Å². The molecule has 1 atom stereocenters. The molecule has 0 saturated carbocycles. The number of carbonyl (C=O) groups is 1. The Morgan fingerprint density at radius 2 is 2.06 bits per heavy atom. The Balaban J connectivity index is 2.17. The molecule has 1 aromatic rings. The molecule has 6 heteroatoms. The van der Waals surface area contributed by atoms with Crippen molar-refractivity contribution in [2.45, 2.75) is 18.8 Å². The van der Waals surface area contributed by atoms with Crippen molar-refractivity contribution in [2.75, 3.05) is 6.54 Å². The van der Waals surface area contributed by atoms with Crippen molar-refractivity contribution in [2.24, 2.45) is 0 Å². The average Bonchev–Trinajstić information content (AvgIpc) is 2.28. The third-order valence-corrected chi connectivity index (χ3v) is 2.66. The molecule has 1 heterocycles. The summed E-state index contributed by atoms with van der Waals surface area (Å²) >= 11 is 0. The normalized spacial score (nSPS) is 19.6. The molecular formula is C11H11F3N2O. The van der Waals surface area contributed by atoms with Crippen molar-refractivity contribution in [1.29, 1.82) is 0 Å². The van der Waals surface area contributed by atoms with Crippen LogP contribution < -0.4 is 10.6 Å². The van der Waals surface area contributed by atoms with E-state index in [0.29, 0.717) is 13.1 Å². The zero-order valence-corrected chi connectivity index (χ0v) is 8.84. The number of nitrogens with one attached hydrogen (secondary N) is 2. The first-order valence-electron chi connectivity index (χ1n) is 5.14. The van der Waals surface area contributed by atoms with Crippen LogP contribution in [0.2, 0.25) is 0 Å². The SMILES string of the molecule is O=C(N[C@H]1CNCc2ccccc21)C(F)(F)F. The molecule has 0 radical (unpaired) electrons. The van der Waals surface area contributed by atoms with Crippen molar-refractivity contribution in [3.05, 3.63) is 35.4 Å². The molecule has 1 aliphatic rings. The first-order valence-corrected chi connectivity index (χ1v) is 5.14. The Labute approximate surface area is 96.0 Å². The van der Waals surface area contributed by atoms with Gasteiger partial charge < -0.3 is 10.6 Å². The third kappa shape index (κ3) is 2.58. The fraction of sp³-hybridized carbons (Fsp3) is 0.364. The van der Waals surface area contributed by atoms with Gasteiger partial charge in [-0.05, 0) is 11.1 Å². The summed E-state index contributed by atoms with van der Waals surface area (Å²) < 4.78 is 36.4. The van der Waals surface area contributed by atoms with Crippen LogP contribution >= 0.6 is 0 Å². The molecule has 2 N–H and O–H groups in total. The Morgan fingerprint density at radius 3 is 2.76 bits per heavy atom. The van der Waals surface area contributed by atoms with Crippen LogP contribution in [0.15, 0.2) is 24.3 Å². The molecule has 0 aromatic heterocycles. The first-order chi connectivity index (χ1) is 7.98. The van der Waals surface area contributed by atoms with Gasteiger partial charge in [0, 0.05) is 13.1 Å². The monoisotopic (exact) mass is 244 g/mol. The van der Waals surface area contributed by atoms with E-state index in [9.17, 15) is 18.0 Å². The second-order valence-corrected chi connectivity index (χ2v) is 3.85. The smallest absolute Gasteiger partial charge is 0.340 e. The summed E-state index contributed by atoms with van der Waals surface area (Å²) in [5, 5.41) is 4.95. The lowest BCUT2D eigenvalue weighted by atomic mass is 9.97. The van der Waals surface area contributed by atoms with Gasteiger partial charge in [-0.3, -0.25) is 4.79 Å². The van der Waals surface area contributed by atoms with Crippen LogP contribution in [0.25, 0.3) is 0 Å². The Hall–Kier alpha value is -1.56. The topological polar surface area (TPSA) is 41.1 Å². The van der Waals surface area contributed by atoms with E-state index in [-0.39, 0.29) is 0 Å². The maximum absolute atomic E-state index is 12.1. The molecule has 1 aliphatic heterocycles. The van der Waals surface area contributed by atoms with Gasteiger partial charge in [0.25, 0.3) is 0 Å². The number of amides is 1. The summed E-state index contributed by atoms with van der Waals surface area (Å²) in [6.07, 6.45) is -4.84. The summed E-state index contributed by atoms with van der Waals surface area (Å²) in [7, 11) is 0. The van der Waals surface area contributed by atoms with Crippen LogP contribution in [0.3, 0.4) is 0 Å². The molecule has 1 aromatic carbocycles. The van der Waals surface area contributed by atoms with Gasteiger partial charge in [-0.15, -0.1) is 0 Å². The van der Waals surface area contributed by atoms with E-state index < -0.39 is 18.1 Å². The van der Waals surface area contributed by atoms with Gasteiger partial charge in [-0.1, -0.05) is 24.3 Å². The minimum Gasteiger partial charge on any atom is -0.340 e. The lowest BCUT2D eigenvalue weighted by molar-refractivity contribution is -0.174. The molecule has 0 unspecified atom stereocenters. The van der Waals surface area contributed by atoms with E-state index in [2.05, 4.69) is 5.32 Å². The van der Waals surface area contributed by atoms with Crippen LogP contribution in [0.4, 0.5) is 13.2 Å². The van der Waals surface area contributed by atoms with Gasteiger partial charge >= 0.3 is 12.1 Å². The molecule has 2 rings (SSSR count). The van der Waals surface area contributed by atoms with Gasteiger partial charge in [0.1, 0.15) is 0 Å². The van der Waals surface area contributed by atoms with E-state index in [0.717, 1.165) is 11.1 Å². The van der Waals surface area contributed by atoms with Crippen molar-refractivity contribution in [3.63, 3.8) is 0 Å². The largest absolute Gasteiger partial charge is 0.471 e. The fourth-order valence-electron chi connectivity index (χ4n) is 1.87. The van der Waals surface area contributed by atoms with Crippen LogP contribution in [-0.4, -0.2) is 18.6 Å². The number of carbonyl (C=O) groups excluding carboxylic acids is 1. The van der Waals surface area contributed by atoms with Crippen LogP contribution in [0.5, 0.6) is 0 Å². The standard InChI is InChI=1S/C11H11F3N2O/c12-11(13,14)10(17)16-9-6-15-5-7-3-1-2-4-8(7)9/h1-4,9,15H,5-6H2,(H,16,17)/t9-/m0/s1. The van der Waals surface area contributed by atoms with E-state index >= 15 is 0 Å². The van der Waals surface area contributed by atoms with E-state index in [1.54, 1.807) is 12.1 Å². The summed E-state index contributed by atoms with van der Waals surface area (Å²) in [6, 6.07) is 6.49. The number of hydrogen-bond donors (Lipinski definition) is 2. The van der Waals surface area contributed by atoms with E-state index in [1.807, 2.05) is 17.4 Å². The zero-order valence-electron chi connectivity index (χ0n) is 8.84. The number of rotatable bonds is 1. The Morgan fingerprint density at radius 1 is 1.35 bits per heavy atom. The number of hydrogen-bond acceptors (Lipinski definition) is 2. The summed E-state index contributed by atoms with van der Waals surface area (Å²) in [5.74, 6) is -1.90. The second kappa shape index (κ2) is 4.37. The highest BCUT2D eigenvalue weighted by Crippen LogP contribution is 2.23. The Kier molecular flexibility index (Phi) is 3.06. The molecule has 17 heavy (non-hydrogen) atoms. The highest BCUT2D eigenvalue weighted by atomic mass is 19.4. The Bertz CT molecular complexity index is 431. The number of alkyl halides is 3. The van der Waals surface area contributed by atoms with Crippen molar-refractivity contribution < 1.29 is 18.0 Å². The molecule has 3 nitrogen and oxygen atoms in total. The molecular weight excluding hydrogens is 233 g/mol. The maximum Gasteiger partial charge on any atom is 0.471 e. The molecule has 1 amide bonds. The molecule has 92 valence electrons. The van der Waals surface area contributed by atoms with Crippen molar-refractivity contribution in [3.8, 4) is 0 Å². The average molecular weight is 244 g/mol. The quantitative estimate of drug-likeness (QED) is 0.786. The number of halogens is 3. The predicted octanol–water partition coefficient (Wildman–Crippen LogP) is 1.51. The molecule has 0 saturated heterocycles. The summed E-state index contributed by atoms with van der Waals surface area (Å²) in [6.45, 7) is 0.910. The summed E-state index contributed by atoms with van der Waals surface area (Å²) in [4.78, 5) is 10.9. The highest BCUT2D eigenvalue weighted by molar-refractivity contribution is 5.82. The van der Waals surface area contributed by atoms with E-state index in [4.69, 9.17) is 0 Å². The maximum atomic E-state index is 12.1. The first kappa shape index (κ1) is 11.9. The number of fused-ring (bicyclic) bond motifs is 1. The lowest BCUT2D eigenvalue weighted by Crippen LogP contribution is -2.44. The van der Waals surface area contributed by atoms with Gasteiger partial charge in [0.2, 0.25) is 0 Å².